The summed E-state index contributed by atoms with van der Waals surface area (Å²) in [6.45, 7) is 0. The lowest BCUT2D eigenvalue weighted by Crippen LogP contribution is -1.94. The fraction of sp³-hybridized carbons (Fsp3) is 0.0667. The molecule has 3 heteroatoms. The van der Waals surface area contributed by atoms with Crippen molar-refractivity contribution in [2.45, 2.75) is 0 Å². The molecule has 0 aliphatic rings. The summed E-state index contributed by atoms with van der Waals surface area (Å²) in [5, 5.41) is 5.45. The van der Waals surface area contributed by atoms with Gasteiger partial charge < -0.3 is 5.32 Å². The Morgan fingerprint density at radius 1 is 0.944 bits per heavy atom. The van der Waals surface area contributed by atoms with Crippen LogP contribution in [-0.2, 0) is 0 Å². The molecular formula is C15H13N3. The molecule has 0 aliphatic carbocycles. The van der Waals surface area contributed by atoms with E-state index < -0.39 is 0 Å². The van der Waals surface area contributed by atoms with Crippen molar-refractivity contribution >= 4 is 16.6 Å². The second-order valence-electron chi connectivity index (χ2n) is 4.10. The minimum absolute atomic E-state index is 0.778. The van der Waals surface area contributed by atoms with Gasteiger partial charge in [-0.1, -0.05) is 36.4 Å². The molecule has 0 unspecified atom stereocenters. The second kappa shape index (κ2) is 4.45. The first kappa shape index (κ1) is 10.7. The van der Waals surface area contributed by atoms with Crippen LogP contribution >= 0.6 is 0 Å². The molecule has 3 nitrogen and oxygen atoms in total. The summed E-state index contributed by atoms with van der Waals surface area (Å²) in [5.41, 5.74) is 1.96. The first-order chi connectivity index (χ1) is 8.86. The first-order valence-corrected chi connectivity index (χ1v) is 5.86. The van der Waals surface area contributed by atoms with Gasteiger partial charge in [-0.3, -0.25) is 4.98 Å². The molecule has 2 aromatic carbocycles. The van der Waals surface area contributed by atoms with Crippen LogP contribution < -0.4 is 5.32 Å². The van der Waals surface area contributed by atoms with Crippen LogP contribution in [0.5, 0.6) is 0 Å². The number of fused-ring (bicyclic) bond motifs is 1. The van der Waals surface area contributed by atoms with E-state index in [0.29, 0.717) is 0 Å². The number of hydrogen-bond acceptors (Lipinski definition) is 3. The van der Waals surface area contributed by atoms with Gasteiger partial charge in [0.25, 0.3) is 0 Å². The summed E-state index contributed by atoms with van der Waals surface area (Å²) >= 11 is 0. The van der Waals surface area contributed by atoms with Crippen molar-refractivity contribution in [3.63, 3.8) is 0 Å². The molecule has 0 fully saturated rings. The van der Waals surface area contributed by atoms with Crippen LogP contribution in [0.4, 0.5) is 5.82 Å². The highest BCUT2D eigenvalue weighted by Gasteiger charge is 2.02. The third-order valence-corrected chi connectivity index (χ3v) is 2.94. The lowest BCUT2D eigenvalue weighted by molar-refractivity contribution is 1.19. The number of nitrogens with one attached hydrogen (secondary N) is 1. The van der Waals surface area contributed by atoms with E-state index in [-0.39, 0.29) is 0 Å². The molecule has 88 valence electrons. The summed E-state index contributed by atoms with van der Waals surface area (Å²) in [6.07, 6.45) is 3.50. The highest BCUT2D eigenvalue weighted by atomic mass is 15.0. The monoisotopic (exact) mass is 235 g/mol. The normalized spacial score (nSPS) is 10.5. The Hall–Kier alpha value is -2.42. The minimum atomic E-state index is 0.778. The molecule has 0 aliphatic heterocycles. The first-order valence-electron chi connectivity index (χ1n) is 5.86. The molecule has 0 saturated carbocycles. The number of rotatable bonds is 2. The van der Waals surface area contributed by atoms with Crippen LogP contribution in [0.3, 0.4) is 0 Å². The van der Waals surface area contributed by atoms with E-state index in [2.05, 4.69) is 45.6 Å². The van der Waals surface area contributed by atoms with Gasteiger partial charge in [0, 0.05) is 12.6 Å². The summed E-state index contributed by atoms with van der Waals surface area (Å²) < 4.78 is 0. The van der Waals surface area contributed by atoms with Gasteiger partial charge in [0.05, 0.1) is 18.1 Å². The standard InChI is InChI=1S/C15H13N3/c1-16-15-10-17-9-14(18-15)13-7-6-11-4-2-3-5-12(11)8-13/h2-10H,1H3,(H,16,18). The maximum atomic E-state index is 4.49. The Labute approximate surface area is 106 Å². The molecule has 0 saturated heterocycles. The van der Waals surface area contributed by atoms with E-state index in [9.17, 15) is 0 Å². The quantitative estimate of drug-likeness (QED) is 0.740. The Balaban J connectivity index is 2.13. The molecule has 0 spiro atoms. The Bertz CT molecular complexity index is 692. The molecule has 0 bridgehead atoms. The van der Waals surface area contributed by atoms with Crippen molar-refractivity contribution in [3.8, 4) is 11.3 Å². The Morgan fingerprint density at radius 2 is 1.78 bits per heavy atom. The number of benzene rings is 2. The van der Waals surface area contributed by atoms with E-state index >= 15 is 0 Å². The van der Waals surface area contributed by atoms with E-state index in [1.807, 2.05) is 19.2 Å². The van der Waals surface area contributed by atoms with Crippen molar-refractivity contribution in [1.29, 1.82) is 0 Å². The van der Waals surface area contributed by atoms with Gasteiger partial charge in [-0.25, -0.2) is 4.98 Å². The zero-order valence-electron chi connectivity index (χ0n) is 10.1. The predicted octanol–water partition coefficient (Wildman–Crippen LogP) is 3.34. The van der Waals surface area contributed by atoms with Gasteiger partial charge in [-0.15, -0.1) is 0 Å². The lowest BCUT2D eigenvalue weighted by Gasteiger charge is -2.05. The summed E-state index contributed by atoms with van der Waals surface area (Å²) in [5.74, 6) is 0.778. The van der Waals surface area contributed by atoms with Gasteiger partial charge >= 0.3 is 0 Å². The van der Waals surface area contributed by atoms with Crippen molar-refractivity contribution in [3.05, 3.63) is 54.9 Å². The molecule has 3 rings (SSSR count). The Kier molecular flexibility index (Phi) is 2.65. The highest BCUT2D eigenvalue weighted by Crippen LogP contribution is 2.23. The smallest absolute Gasteiger partial charge is 0.144 e. The van der Waals surface area contributed by atoms with E-state index in [1.54, 1.807) is 12.4 Å². The van der Waals surface area contributed by atoms with E-state index in [4.69, 9.17) is 0 Å². The summed E-state index contributed by atoms with van der Waals surface area (Å²) in [7, 11) is 1.84. The van der Waals surface area contributed by atoms with E-state index in [0.717, 1.165) is 17.1 Å². The predicted molar refractivity (Wildman–Crippen MR) is 74.5 cm³/mol. The van der Waals surface area contributed by atoms with Gasteiger partial charge in [0.1, 0.15) is 5.82 Å². The third kappa shape index (κ3) is 1.91. The van der Waals surface area contributed by atoms with Gasteiger partial charge in [0.2, 0.25) is 0 Å². The number of nitrogens with zero attached hydrogens (tertiary/aromatic N) is 2. The van der Waals surface area contributed by atoms with Crippen LogP contribution in [0.1, 0.15) is 0 Å². The SMILES string of the molecule is CNc1cncc(-c2ccc3ccccc3c2)n1. The van der Waals surface area contributed by atoms with Gasteiger partial charge in [-0.05, 0) is 16.8 Å². The summed E-state index contributed by atoms with van der Waals surface area (Å²) in [6, 6.07) is 14.6. The van der Waals surface area contributed by atoms with Crippen LogP contribution in [0, 0.1) is 0 Å². The average molecular weight is 235 g/mol. The zero-order valence-corrected chi connectivity index (χ0v) is 10.1. The van der Waals surface area contributed by atoms with Crippen molar-refractivity contribution in [1.82, 2.24) is 9.97 Å². The Morgan fingerprint density at radius 3 is 2.61 bits per heavy atom. The van der Waals surface area contributed by atoms with Crippen LogP contribution in [-0.4, -0.2) is 17.0 Å². The lowest BCUT2D eigenvalue weighted by atomic mass is 10.1. The molecule has 1 aromatic heterocycles. The maximum absolute atomic E-state index is 4.49. The number of anilines is 1. The zero-order chi connectivity index (χ0) is 12.4. The topological polar surface area (TPSA) is 37.8 Å². The average Bonchev–Trinajstić information content (AvgIpc) is 2.47. The maximum Gasteiger partial charge on any atom is 0.144 e. The third-order valence-electron chi connectivity index (χ3n) is 2.94. The van der Waals surface area contributed by atoms with Crippen molar-refractivity contribution < 1.29 is 0 Å². The van der Waals surface area contributed by atoms with Crippen molar-refractivity contribution in [2.24, 2.45) is 0 Å². The molecule has 3 aromatic rings. The molecule has 1 heterocycles. The van der Waals surface area contributed by atoms with Crippen LogP contribution in [0.15, 0.2) is 54.9 Å². The van der Waals surface area contributed by atoms with E-state index in [1.165, 1.54) is 10.8 Å². The van der Waals surface area contributed by atoms with Gasteiger partial charge in [-0.2, -0.15) is 0 Å². The van der Waals surface area contributed by atoms with Crippen LogP contribution in [0.25, 0.3) is 22.0 Å². The number of hydrogen-bond donors (Lipinski definition) is 1. The fourth-order valence-corrected chi connectivity index (χ4v) is 1.97. The molecule has 18 heavy (non-hydrogen) atoms. The van der Waals surface area contributed by atoms with Gasteiger partial charge in [0.15, 0.2) is 0 Å². The number of aromatic nitrogens is 2. The molecule has 0 atom stereocenters. The molecule has 0 radical (unpaired) electrons. The van der Waals surface area contributed by atoms with Crippen molar-refractivity contribution in [2.75, 3.05) is 12.4 Å². The second-order valence-corrected chi connectivity index (χ2v) is 4.10. The molecule has 1 N–H and O–H groups in total. The summed E-state index contributed by atoms with van der Waals surface area (Å²) in [4.78, 5) is 8.68. The molecule has 0 amide bonds. The minimum Gasteiger partial charge on any atom is -0.372 e. The highest BCUT2D eigenvalue weighted by molar-refractivity contribution is 5.86. The largest absolute Gasteiger partial charge is 0.372 e. The fourth-order valence-electron chi connectivity index (χ4n) is 1.97. The van der Waals surface area contributed by atoms with Crippen LogP contribution in [0.2, 0.25) is 0 Å². The molecular weight excluding hydrogens is 222 g/mol.